The maximum atomic E-state index is 13.6. The zero-order valence-corrected chi connectivity index (χ0v) is 18.3. The third kappa shape index (κ3) is 3.25. The Morgan fingerprint density at radius 3 is 2.62 bits per heavy atom. The van der Waals surface area contributed by atoms with Gasteiger partial charge in [-0.15, -0.1) is 11.3 Å². The normalized spacial score (nSPS) is 12.1. The van der Waals surface area contributed by atoms with Gasteiger partial charge >= 0.3 is 0 Å². The van der Waals surface area contributed by atoms with Gasteiger partial charge in [0.15, 0.2) is 5.69 Å². The van der Waals surface area contributed by atoms with E-state index in [1.165, 1.54) is 4.68 Å². The van der Waals surface area contributed by atoms with E-state index in [0.29, 0.717) is 23.1 Å². The molecule has 6 nitrogen and oxygen atoms in total. The Hall–Kier alpha value is -2.93. The van der Waals surface area contributed by atoms with Gasteiger partial charge in [0, 0.05) is 24.2 Å². The second-order valence-electron chi connectivity index (χ2n) is 7.13. The number of fused-ring (bicyclic) bond motifs is 3. The lowest BCUT2D eigenvalue weighted by molar-refractivity contribution is 0.0811. The highest BCUT2D eigenvalue weighted by Gasteiger charge is 2.28. The second-order valence-corrected chi connectivity index (χ2v) is 8.38. The van der Waals surface area contributed by atoms with E-state index in [-0.39, 0.29) is 23.2 Å². The predicted molar refractivity (Wildman–Crippen MR) is 121 cm³/mol. The van der Waals surface area contributed by atoms with Crippen molar-refractivity contribution < 1.29 is 4.79 Å². The zero-order valence-electron chi connectivity index (χ0n) is 17.5. The molecule has 0 spiro atoms. The summed E-state index contributed by atoms with van der Waals surface area (Å²) in [5.74, 6) is -0.265. The van der Waals surface area contributed by atoms with Crippen molar-refractivity contribution in [3.63, 3.8) is 0 Å². The quantitative estimate of drug-likeness (QED) is 0.560. The number of hydrogen-bond donors (Lipinski definition) is 0. The minimum Gasteiger partial charge on any atom is -0.338 e. The molecule has 0 aliphatic heterocycles. The fourth-order valence-electron chi connectivity index (χ4n) is 3.57. The van der Waals surface area contributed by atoms with Gasteiger partial charge in [0.25, 0.3) is 11.5 Å². The summed E-state index contributed by atoms with van der Waals surface area (Å²) in [5, 5.41) is 5.16. The molecule has 1 amide bonds. The molecule has 0 aliphatic rings. The van der Waals surface area contributed by atoms with Gasteiger partial charge in [0.1, 0.15) is 5.52 Å². The second kappa shape index (κ2) is 7.83. The van der Waals surface area contributed by atoms with Crippen LogP contribution in [-0.2, 0) is 7.05 Å². The number of carbonyl (C=O) groups is 1. The van der Waals surface area contributed by atoms with E-state index in [0.717, 1.165) is 15.1 Å². The number of amides is 1. The first-order valence-electron chi connectivity index (χ1n) is 9.55. The van der Waals surface area contributed by atoms with Crippen LogP contribution < -0.4 is 5.56 Å². The van der Waals surface area contributed by atoms with Crippen LogP contribution in [0.3, 0.4) is 0 Å². The van der Waals surface area contributed by atoms with Gasteiger partial charge in [-0.3, -0.25) is 9.59 Å². The largest absolute Gasteiger partial charge is 0.338 e. The van der Waals surface area contributed by atoms with Crippen molar-refractivity contribution in [2.24, 2.45) is 7.05 Å². The Bertz CT molecular complexity index is 1220. The molecule has 0 bridgehead atoms. The van der Waals surface area contributed by atoms with Crippen LogP contribution in [0.1, 0.15) is 42.2 Å². The van der Waals surface area contributed by atoms with Crippen LogP contribution in [0.25, 0.3) is 21.1 Å². The van der Waals surface area contributed by atoms with Gasteiger partial charge in [-0.2, -0.15) is 5.10 Å². The van der Waals surface area contributed by atoms with E-state index >= 15 is 0 Å². The number of aromatic nitrogens is 3. The van der Waals surface area contributed by atoms with Crippen molar-refractivity contribution in [1.82, 2.24) is 19.2 Å². The summed E-state index contributed by atoms with van der Waals surface area (Å²) in [4.78, 5) is 29.5. The number of rotatable bonds is 6. The maximum Gasteiger partial charge on any atom is 0.291 e. The molecule has 0 aromatic carbocycles. The monoisotopic (exact) mass is 410 g/mol. The van der Waals surface area contributed by atoms with Gasteiger partial charge < -0.3 is 9.47 Å². The van der Waals surface area contributed by atoms with Crippen LogP contribution >= 0.6 is 11.3 Å². The predicted octanol–water partition coefficient (Wildman–Crippen LogP) is 4.56. The van der Waals surface area contributed by atoms with Gasteiger partial charge in [-0.25, -0.2) is 4.68 Å². The number of aryl methyl sites for hydroxylation is 2. The highest BCUT2D eigenvalue weighted by molar-refractivity contribution is 7.20. The minimum atomic E-state index is -0.265. The van der Waals surface area contributed by atoms with Crippen LogP contribution in [0.15, 0.2) is 47.9 Å². The smallest absolute Gasteiger partial charge is 0.291 e. The van der Waals surface area contributed by atoms with Crippen molar-refractivity contribution in [3.8, 4) is 0 Å². The van der Waals surface area contributed by atoms with Gasteiger partial charge in [0.2, 0.25) is 0 Å². The van der Waals surface area contributed by atoms with E-state index in [9.17, 15) is 9.59 Å². The topological polar surface area (TPSA) is 60.1 Å². The van der Waals surface area contributed by atoms with Crippen molar-refractivity contribution in [2.45, 2.75) is 33.7 Å². The lowest BCUT2D eigenvalue weighted by atomic mass is 10.2. The summed E-state index contributed by atoms with van der Waals surface area (Å²) in [6.45, 7) is 15.6. The Morgan fingerprint density at radius 2 is 2.07 bits per heavy atom. The molecule has 0 saturated carbocycles. The summed E-state index contributed by atoms with van der Waals surface area (Å²) in [6.07, 6.45) is 4.98. The number of allylic oxidation sites excluding steroid dienone is 3. The van der Waals surface area contributed by atoms with Crippen LogP contribution in [0.4, 0.5) is 0 Å². The van der Waals surface area contributed by atoms with Gasteiger partial charge in [0.05, 0.1) is 21.6 Å². The van der Waals surface area contributed by atoms with E-state index in [2.05, 4.69) is 18.3 Å². The average Bonchev–Trinajstić information content (AvgIpc) is 3.18. The lowest BCUT2D eigenvalue weighted by Crippen LogP contribution is -2.34. The number of hydrogen-bond acceptors (Lipinski definition) is 4. The minimum absolute atomic E-state index is 0.175. The van der Waals surface area contributed by atoms with Crippen LogP contribution in [0.5, 0.6) is 0 Å². The summed E-state index contributed by atoms with van der Waals surface area (Å²) in [6, 6.07) is 1.86. The summed E-state index contributed by atoms with van der Waals surface area (Å²) in [7, 11) is 1.86. The molecule has 0 radical (unpaired) electrons. The molecule has 0 aliphatic carbocycles. The summed E-state index contributed by atoms with van der Waals surface area (Å²) < 4.78 is 4.18. The molecular weight excluding hydrogens is 384 g/mol. The molecule has 7 heteroatoms. The molecule has 29 heavy (non-hydrogen) atoms. The SMILES string of the molecule is C=C/C=C(\C=C)N(CC)C(=O)c1nn(C(C)C)c(=O)c2c1c1sc(C)cc1n2C. The van der Waals surface area contributed by atoms with Crippen molar-refractivity contribution in [2.75, 3.05) is 6.54 Å². The highest BCUT2D eigenvalue weighted by Crippen LogP contribution is 2.35. The lowest BCUT2D eigenvalue weighted by Gasteiger charge is -2.22. The molecule has 3 rings (SSSR count). The molecule has 0 saturated heterocycles. The Morgan fingerprint density at radius 1 is 1.38 bits per heavy atom. The van der Waals surface area contributed by atoms with Crippen LogP contribution in [0, 0.1) is 6.92 Å². The molecule has 0 atom stereocenters. The fourth-order valence-corrected chi connectivity index (χ4v) is 4.65. The number of carbonyl (C=O) groups excluding carboxylic acids is 1. The third-order valence-electron chi connectivity index (χ3n) is 4.91. The van der Waals surface area contributed by atoms with Crippen LogP contribution in [-0.4, -0.2) is 31.7 Å². The fraction of sp³-hybridized carbons (Fsp3) is 0.318. The standard InChI is InChI=1S/C22H26N4O2S/c1-8-11-15(9-2)25(10-3)21(27)18-17-19(22(28)26(23-18)13(4)5)24(7)16-12-14(6)29-20(16)17/h8-9,11-13H,1-2,10H2,3-7H3/b15-11+. The molecule has 0 unspecified atom stereocenters. The van der Waals surface area contributed by atoms with Gasteiger partial charge in [-0.1, -0.05) is 19.2 Å². The van der Waals surface area contributed by atoms with E-state index in [4.69, 9.17) is 0 Å². The van der Waals surface area contributed by atoms with Crippen LogP contribution in [0.2, 0.25) is 0 Å². The van der Waals surface area contributed by atoms with Crippen molar-refractivity contribution in [3.05, 3.63) is 64.1 Å². The molecule has 3 aromatic rings. The molecule has 3 heterocycles. The average molecular weight is 411 g/mol. The van der Waals surface area contributed by atoms with Gasteiger partial charge in [-0.05, 0) is 45.9 Å². The van der Waals surface area contributed by atoms with E-state index in [1.807, 2.05) is 45.4 Å². The zero-order chi connectivity index (χ0) is 21.5. The Labute approximate surface area is 174 Å². The number of thiophene rings is 1. The Kier molecular flexibility index (Phi) is 5.61. The number of nitrogens with zero attached hydrogens (tertiary/aromatic N) is 4. The maximum absolute atomic E-state index is 13.6. The van der Waals surface area contributed by atoms with E-state index in [1.54, 1.807) is 34.5 Å². The molecule has 0 fully saturated rings. The summed E-state index contributed by atoms with van der Waals surface area (Å²) in [5.41, 5.74) is 2.16. The molecule has 152 valence electrons. The van der Waals surface area contributed by atoms with Crippen molar-refractivity contribution in [1.29, 1.82) is 0 Å². The Balaban J connectivity index is 2.43. The third-order valence-corrected chi connectivity index (χ3v) is 5.97. The molecule has 0 N–H and O–H groups in total. The highest BCUT2D eigenvalue weighted by atomic mass is 32.1. The number of likely N-dealkylation sites (N-methyl/N-ethyl adjacent to an activating group) is 1. The molecular formula is C22H26N4O2S. The van der Waals surface area contributed by atoms with E-state index < -0.39 is 0 Å². The first-order chi connectivity index (χ1) is 13.8. The first-order valence-corrected chi connectivity index (χ1v) is 10.4. The summed E-state index contributed by atoms with van der Waals surface area (Å²) >= 11 is 1.57. The first kappa shape index (κ1) is 20.8. The molecule has 3 aromatic heterocycles. The van der Waals surface area contributed by atoms with Crippen molar-refractivity contribution >= 4 is 38.4 Å².